The number of thiazole rings is 1. The molecule has 0 saturated heterocycles. The van der Waals surface area contributed by atoms with Crippen LogP contribution in [0, 0.1) is 0 Å². The third-order valence-corrected chi connectivity index (χ3v) is 6.24. The molecule has 0 saturated carbocycles. The van der Waals surface area contributed by atoms with Crippen molar-refractivity contribution in [2.75, 3.05) is 5.32 Å². The second-order valence-corrected chi connectivity index (χ2v) is 9.70. The molecule has 1 heterocycles. The van der Waals surface area contributed by atoms with Crippen LogP contribution in [0.1, 0.15) is 29.8 Å². The molecule has 0 aliphatic rings. The summed E-state index contributed by atoms with van der Waals surface area (Å²) < 4.78 is 5.80. The highest BCUT2D eigenvalue weighted by Gasteiger charge is 2.30. The Labute approximate surface area is 222 Å². The minimum absolute atomic E-state index is 0.161. The largest absolute Gasteiger partial charge is 0.478 e. The quantitative estimate of drug-likeness (QED) is 0.208. The Morgan fingerprint density at radius 3 is 2.14 bits per heavy atom. The van der Waals surface area contributed by atoms with Crippen LogP contribution < -0.4 is 20.9 Å². The highest BCUT2D eigenvalue weighted by atomic mass is 35.5. The molecule has 3 N–H and O–H groups in total. The van der Waals surface area contributed by atoms with E-state index in [0.717, 1.165) is 11.3 Å². The molecular weight excluding hydrogens is 512 g/mol. The number of benzene rings is 3. The van der Waals surface area contributed by atoms with Crippen LogP contribution in [0.3, 0.4) is 0 Å². The highest BCUT2D eigenvalue weighted by Crippen LogP contribution is 2.24. The average Bonchev–Trinajstić information content (AvgIpc) is 3.36. The summed E-state index contributed by atoms with van der Waals surface area (Å²) >= 11 is 7.14. The van der Waals surface area contributed by atoms with Crippen LogP contribution in [0.25, 0.3) is 11.3 Å². The number of carbonyl (C=O) groups is 3. The molecule has 4 aromatic rings. The molecule has 8 nitrogen and oxygen atoms in total. The lowest BCUT2D eigenvalue weighted by molar-refractivity contribution is -0.134. The zero-order valence-electron chi connectivity index (χ0n) is 19.9. The Morgan fingerprint density at radius 1 is 0.865 bits per heavy atom. The molecule has 0 spiro atoms. The monoisotopic (exact) mass is 534 g/mol. The van der Waals surface area contributed by atoms with Gasteiger partial charge in [-0.1, -0.05) is 41.9 Å². The van der Waals surface area contributed by atoms with Crippen molar-refractivity contribution in [1.82, 2.24) is 15.8 Å². The van der Waals surface area contributed by atoms with E-state index in [1.807, 2.05) is 35.7 Å². The van der Waals surface area contributed by atoms with Gasteiger partial charge >= 0.3 is 6.03 Å². The van der Waals surface area contributed by atoms with Crippen molar-refractivity contribution < 1.29 is 19.1 Å². The fraction of sp³-hybridized carbons (Fsp3) is 0.111. The number of nitrogens with zero attached hydrogens (tertiary/aromatic N) is 1. The normalized spacial score (nSPS) is 10.9. The van der Waals surface area contributed by atoms with E-state index in [2.05, 4.69) is 21.2 Å². The number of aromatic nitrogens is 1. The molecule has 37 heavy (non-hydrogen) atoms. The van der Waals surface area contributed by atoms with Crippen molar-refractivity contribution in [1.29, 1.82) is 0 Å². The van der Waals surface area contributed by atoms with Gasteiger partial charge in [-0.25, -0.2) is 15.2 Å². The summed E-state index contributed by atoms with van der Waals surface area (Å²) in [5.41, 5.74) is 5.97. The van der Waals surface area contributed by atoms with Crippen molar-refractivity contribution in [3.05, 3.63) is 100 Å². The molecule has 3 amide bonds. The minimum atomic E-state index is -1.32. The zero-order valence-corrected chi connectivity index (χ0v) is 21.5. The number of ether oxygens (including phenoxy) is 1. The number of rotatable bonds is 7. The third-order valence-electron chi connectivity index (χ3n) is 5.23. The summed E-state index contributed by atoms with van der Waals surface area (Å²) in [5.74, 6) is -0.354. The lowest BCUT2D eigenvalue weighted by Crippen LogP contribution is -2.53. The van der Waals surface area contributed by atoms with E-state index in [9.17, 15) is 14.4 Å². The fourth-order valence-electron chi connectivity index (χ4n) is 3.25. The maximum atomic E-state index is 12.6. The first kappa shape index (κ1) is 25.9. The summed E-state index contributed by atoms with van der Waals surface area (Å²) in [6, 6.07) is 22.0. The van der Waals surface area contributed by atoms with Gasteiger partial charge in [-0.2, -0.15) is 0 Å². The number of halogens is 1. The summed E-state index contributed by atoms with van der Waals surface area (Å²) in [5, 5.41) is 5.35. The summed E-state index contributed by atoms with van der Waals surface area (Å²) in [6.07, 6.45) is 0. The lowest BCUT2D eigenvalue weighted by Gasteiger charge is -2.25. The fourth-order valence-corrected chi connectivity index (χ4v) is 4.09. The van der Waals surface area contributed by atoms with E-state index in [1.54, 1.807) is 62.4 Å². The molecular formula is C27H23ClN4O4S. The molecule has 0 atom stereocenters. The molecule has 0 aliphatic heterocycles. The van der Waals surface area contributed by atoms with Gasteiger partial charge in [0, 0.05) is 27.1 Å². The molecule has 0 aliphatic carbocycles. The molecule has 0 unspecified atom stereocenters. The third kappa shape index (κ3) is 6.72. The SMILES string of the molecule is CC(C)(Oc1ccc(C(=O)c2ccc(Cl)cc2)cc1)C(=O)NNC(=O)Nc1nc(-c2ccccc2)cs1. The maximum Gasteiger partial charge on any atom is 0.339 e. The summed E-state index contributed by atoms with van der Waals surface area (Å²) in [4.78, 5) is 41.9. The number of urea groups is 1. The number of ketones is 1. The molecule has 0 bridgehead atoms. The van der Waals surface area contributed by atoms with Gasteiger partial charge in [-0.15, -0.1) is 11.3 Å². The first-order valence-electron chi connectivity index (χ1n) is 11.2. The second kappa shape index (κ2) is 11.2. The van der Waals surface area contributed by atoms with Crippen LogP contribution in [-0.4, -0.2) is 28.3 Å². The highest BCUT2D eigenvalue weighted by molar-refractivity contribution is 7.14. The topological polar surface area (TPSA) is 109 Å². The predicted molar refractivity (Wildman–Crippen MR) is 144 cm³/mol. The number of nitrogens with one attached hydrogen (secondary N) is 3. The van der Waals surface area contributed by atoms with E-state index >= 15 is 0 Å². The maximum absolute atomic E-state index is 12.6. The molecule has 0 radical (unpaired) electrons. The number of carbonyl (C=O) groups excluding carboxylic acids is 3. The summed E-state index contributed by atoms with van der Waals surface area (Å²) in [6.45, 7) is 3.11. The van der Waals surface area contributed by atoms with Crippen LogP contribution in [0.4, 0.5) is 9.93 Å². The van der Waals surface area contributed by atoms with E-state index in [4.69, 9.17) is 16.3 Å². The smallest absolute Gasteiger partial charge is 0.339 e. The van der Waals surface area contributed by atoms with Crippen molar-refractivity contribution in [3.8, 4) is 17.0 Å². The van der Waals surface area contributed by atoms with Gasteiger partial charge < -0.3 is 4.74 Å². The summed E-state index contributed by atoms with van der Waals surface area (Å²) in [7, 11) is 0. The van der Waals surface area contributed by atoms with Crippen LogP contribution in [-0.2, 0) is 4.79 Å². The molecule has 10 heteroatoms. The van der Waals surface area contributed by atoms with Crippen LogP contribution >= 0.6 is 22.9 Å². The Kier molecular flexibility index (Phi) is 7.86. The van der Waals surface area contributed by atoms with Crippen molar-refractivity contribution >= 4 is 45.8 Å². The number of amides is 3. The number of hydrogen-bond acceptors (Lipinski definition) is 6. The Balaban J connectivity index is 1.29. The van der Waals surface area contributed by atoms with Gasteiger partial charge in [-0.3, -0.25) is 20.3 Å². The zero-order chi connectivity index (χ0) is 26.4. The standard InChI is InChI=1S/C27H23ClN4O4S/c1-27(2,36-21-14-10-19(11-15-21)23(33)18-8-12-20(28)13-9-18)24(34)31-32-25(35)30-26-29-22(16-37-26)17-6-4-3-5-7-17/h3-16H,1-2H3,(H,31,34)(H2,29,30,32,35). The molecule has 1 aromatic heterocycles. The first-order valence-corrected chi connectivity index (χ1v) is 12.4. The van der Waals surface area contributed by atoms with Gasteiger partial charge in [0.25, 0.3) is 5.91 Å². The predicted octanol–water partition coefficient (Wildman–Crippen LogP) is 5.70. The van der Waals surface area contributed by atoms with Crippen molar-refractivity contribution in [2.45, 2.75) is 19.4 Å². The Bertz CT molecular complexity index is 1400. The van der Waals surface area contributed by atoms with Gasteiger partial charge in [0.1, 0.15) is 5.75 Å². The second-order valence-electron chi connectivity index (χ2n) is 8.41. The number of hydrazine groups is 1. The molecule has 0 fully saturated rings. The van der Waals surface area contributed by atoms with E-state index in [0.29, 0.717) is 27.0 Å². The van der Waals surface area contributed by atoms with E-state index in [-0.39, 0.29) is 5.78 Å². The number of hydrogen-bond donors (Lipinski definition) is 3. The van der Waals surface area contributed by atoms with Crippen LogP contribution in [0.15, 0.2) is 84.2 Å². The van der Waals surface area contributed by atoms with Gasteiger partial charge in [0.2, 0.25) is 0 Å². The van der Waals surface area contributed by atoms with Crippen molar-refractivity contribution in [3.63, 3.8) is 0 Å². The molecule has 3 aromatic carbocycles. The van der Waals surface area contributed by atoms with Gasteiger partial charge in [0.15, 0.2) is 16.5 Å². The van der Waals surface area contributed by atoms with Crippen LogP contribution in [0.5, 0.6) is 5.75 Å². The number of anilines is 1. The lowest BCUT2D eigenvalue weighted by atomic mass is 10.0. The molecule has 188 valence electrons. The van der Waals surface area contributed by atoms with E-state index in [1.165, 1.54) is 11.3 Å². The van der Waals surface area contributed by atoms with Gasteiger partial charge in [-0.05, 0) is 62.4 Å². The minimum Gasteiger partial charge on any atom is -0.478 e. The average molecular weight is 535 g/mol. The Morgan fingerprint density at radius 2 is 1.49 bits per heavy atom. The van der Waals surface area contributed by atoms with E-state index < -0.39 is 17.5 Å². The van der Waals surface area contributed by atoms with Gasteiger partial charge in [0.05, 0.1) is 5.69 Å². The van der Waals surface area contributed by atoms with Crippen molar-refractivity contribution in [2.24, 2.45) is 0 Å². The Hall–Kier alpha value is -4.21. The van der Waals surface area contributed by atoms with Crippen LogP contribution in [0.2, 0.25) is 5.02 Å². The molecule has 4 rings (SSSR count). The first-order chi connectivity index (χ1) is 17.7.